The molecule has 20 heavy (non-hydrogen) atoms. The van der Waals surface area contributed by atoms with Crippen molar-refractivity contribution in [2.24, 2.45) is 0 Å². The van der Waals surface area contributed by atoms with E-state index >= 15 is 0 Å². The first-order valence-corrected chi connectivity index (χ1v) is 7.21. The molecule has 1 unspecified atom stereocenters. The lowest BCUT2D eigenvalue weighted by atomic mass is 9.93. The summed E-state index contributed by atoms with van der Waals surface area (Å²) >= 11 is 3.19. The average molecular weight is 337 g/mol. The zero-order chi connectivity index (χ0) is 14.1. The van der Waals surface area contributed by atoms with Crippen LogP contribution in [0.2, 0.25) is 0 Å². The van der Waals surface area contributed by atoms with Crippen molar-refractivity contribution in [2.75, 3.05) is 5.32 Å². The maximum absolute atomic E-state index is 11.0. The highest BCUT2D eigenvalue weighted by Gasteiger charge is 2.23. The Morgan fingerprint density at radius 2 is 2.25 bits per heavy atom. The van der Waals surface area contributed by atoms with Crippen LogP contribution in [0.3, 0.4) is 0 Å². The molecule has 2 aromatic rings. The Hall–Kier alpha value is -1.82. The molecule has 0 aliphatic heterocycles. The van der Waals surface area contributed by atoms with Gasteiger partial charge in [0.25, 0.3) is 5.69 Å². The topological polar surface area (TPSA) is 68.3 Å². The largest absolute Gasteiger partial charge is 0.469 e. The minimum absolute atomic E-state index is 0.0678. The van der Waals surface area contributed by atoms with Crippen molar-refractivity contribution in [2.45, 2.75) is 25.3 Å². The fourth-order valence-electron chi connectivity index (χ4n) is 2.58. The first-order valence-electron chi connectivity index (χ1n) is 6.42. The van der Waals surface area contributed by atoms with Crippen LogP contribution in [0, 0.1) is 10.1 Å². The van der Waals surface area contributed by atoms with Crippen LogP contribution in [0.15, 0.2) is 39.4 Å². The lowest BCUT2D eigenvalue weighted by Crippen LogP contribution is -2.15. The van der Waals surface area contributed by atoms with Gasteiger partial charge in [-0.05, 0) is 47.0 Å². The molecule has 1 aromatic carbocycles. The Balaban J connectivity index is 1.86. The Kier molecular flexibility index (Phi) is 3.48. The van der Waals surface area contributed by atoms with Gasteiger partial charge in [0.1, 0.15) is 5.76 Å². The minimum Gasteiger partial charge on any atom is -0.469 e. The number of halogens is 1. The lowest BCUT2D eigenvalue weighted by molar-refractivity contribution is -0.385. The van der Waals surface area contributed by atoms with Gasteiger partial charge in [-0.25, -0.2) is 0 Å². The van der Waals surface area contributed by atoms with Gasteiger partial charge in [-0.1, -0.05) is 0 Å². The molecule has 6 heteroatoms. The van der Waals surface area contributed by atoms with E-state index in [9.17, 15) is 10.1 Å². The molecule has 0 amide bonds. The van der Waals surface area contributed by atoms with E-state index in [1.165, 1.54) is 0 Å². The second kappa shape index (κ2) is 5.28. The van der Waals surface area contributed by atoms with Gasteiger partial charge in [-0.2, -0.15) is 0 Å². The van der Waals surface area contributed by atoms with E-state index in [1.54, 1.807) is 18.4 Å². The third-order valence-corrected chi connectivity index (χ3v) is 4.21. The van der Waals surface area contributed by atoms with Crippen molar-refractivity contribution < 1.29 is 9.34 Å². The highest BCUT2D eigenvalue weighted by Crippen LogP contribution is 2.35. The van der Waals surface area contributed by atoms with Crippen LogP contribution in [-0.4, -0.2) is 4.92 Å². The molecular formula is C14H13BrN2O3. The maximum atomic E-state index is 11.0. The molecule has 0 spiro atoms. The van der Waals surface area contributed by atoms with E-state index in [0.717, 1.165) is 36.3 Å². The summed E-state index contributed by atoms with van der Waals surface area (Å²) in [5, 5.41) is 14.3. The summed E-state index contributed by atoms with van der Waals surface area (Å²) in [6, 6.07) is 7.21. The number of fused-ring (bicyclic) bond motifs is 1. The minimum atomic E-state index is -0.389. The van der Waals surface area contributed by atoms with Gasteiger partial charge < -0.3 is 9.73 Å². The van der Waals surface area contributed by atoms with Gasteiger partial charge in [-0.3, -0.25) is 10.1 Å². The normalized spacial score (nSPS) is 17.6. The molecule has 0 saturated heterocycles. The molecule has 1 aromatic heterocycles. The SMILES string of the molecule is O=[N+]([O-])c1cc(NC2CCCc3occc32)ccc1Br. The average Bonchev–Trinajstić information content (AvgIpc) is 2.90. The molecule has 3 rings (SSSR count). The van der Waals surface area contributed by atoms with Crippen LogP contribution >= 0.6 is 15.9 Å². The van der Waals surface area contributed by atoms with E-state index in [-0.39, 0.29) is 16.7 Å². The van der Waals surface area contributed by atoms with Crippen LogP contribution in [-0.2, 0) is 6.42 Å². The number of nitrogens with one attached hydrogen (secondary N) is 1. The molecule has 0 radical (unpaired) electrons. The van der Waals surface area contributed by atoms with Crippen LogP contribution in [0.5, 0.6) is 0 Å². The molecule has 1 heterocycles. The summed E-state index contributed by atoms with van der Waals surface area (Å²) in [6.07, 6.45) is 4.71. The summed E-state index contributed by atoms with van der Waals surface area (Å²) < 4.78 is 5.94. The fourth-order valence-corrected chi connectivity index (χ4v) is 2.97. The summed E-state index contributed by atoms with van der Waals surface area (Å²) in [5.74, 6) is 1.01. The Bertz CT molecular complexity index is 654. The van der Waals surface area contributed by atoms with Crippen LogP contribution < -0.4 is 5.32 Å². The Labute approximate surface area is 124 Å². The molecular weight excluding hydrogens is 324 g/mol. The third-order valence-electron chi connectivity index (χ3n) is 3.54. The summed E-state index contributed by atoms with van der Waals surface area (Å²) in [4.78, 5) is 10.6. The lowest BCUT2D eigenvalue weighted by Gasteiger charge is -2.23. The molecule has 104 valence electrons. The van der Waals surface area contributed by atoms with E-state index in [4.69, 9.17) is 4.42 Å². The van der Waals surface area contributed by atoms with E-state index in [1.807, 2.05) is 12.1 Å². The van der Waals surface area contributed by atoms with Crippen LogP contribution in [0.1, 0.15) is 30.2 Å². The van der Waals surface area contributed by atoms with Crippen molar-refractivity contribution in [1.82, 2.24) is 0 Å². The first kappa shape index (κ1) is 13.2. The van der Waals surface area contributed by atoms with Gasteiger partial charge in [0, 0.05) is 23.7 Å². The van der Waals surface area contributed by atoms with Crippen LogP contribution in [0.25, 0.3) is 0 Å². The second-order valence-corrected chi connectivity index (χ2v) is 5.67. The number of nitrogens with zero attached hydrogens (tertiary/aromatic N) is 1. The third kappa shape index (κ3) is 2.43. The molecule has 1 aliphatic rings. The van der Waals surface area contributed by atoms with Crippen molar-refractivity contribution in [1.29, 1.82) is 0 Å². The number of hydrogen-bond acceptors (Lipinski definition) is 4. The standard InChI is InChI=1S/C14H13BrN2O3/c15-11-5-4-9(8-13(11)17(18)19)16-12-2-1-3-14-10(12)6-7-20-14/h4-8,12,16H,1-3H2. The number of nitro groups is 1. The zero-order valence-electron chi connectivity index (χ0n) is 10.6. The molecule has 1 aliphatic carbocycles. The van der Waals surface area contributed by atoms with Crippen molar-refractivity contribution in [3.8, 4) is 0 Å². The summed E-state index contributed by atoms with van der Waals surface area (Å²) in [7, 11) is 0. The first-order chi connectivity index (χ1) is 9.65. The quantitative estimate of drug-likeness (QED) is 0.664. The van der Waals surface area contributed by atoms with Gasteiger partial charge in [0.2, 0.25) is 0 Å². The number of furan rings is 1. The number of benzene rings is 1. The highest BCUT2D eigenvalue weighted by atomic mass is 79.9. The monoisotopic (exact) mass is 336 g/mol. The number of aryl methyl sites for hydroxylation is 1. The van der Waals surface area contributed by atoms with Gasteiger partial charge in [-0.15, -0.1) is 0 Å². The Morgan fingerprint density at radius 1 is 1.40 bits per heavy atom. The Morgan fingerprint density at radius 3 is 3.05 bits per heavy atom. The van der Waals surface area contributed by atoms with E-state index in [0.29, 0.717) is 4.47 Å². The predicted octanol–water partition coefficient (Wildman–Crippen LogP) is 4.44. The van der Waals surface area contributed by atoms with Gasteiger partial charge in [0.15, 0.2) is 0 Å². The van der Waals surface area contributed by atoms with Crippen molar-refractivity contribution >= 4 is 27.3 Å². The smallest absolute Gasteiger partial charge is 0.285 e. The molecule has 0 bridgehead atoms. The fraction of sp³-hybridized carbons (Fsp3) is 0.286. The van der Waals surface area contributed by atoms with E-state index in [2.05, 4.69) is 21.2 Å². The van der Waals surface area contributed by atoms with E-state index < -0.39 is 0 Å². The molecule has 5 nitrogen and oxygen atoms in total. The van der Waals surface area contributed by atoms with Crippen molar-refractivity contribution in [3.05, 3.63) is 56.4 Å². The number of anilines is 1. The second-order valence-electron chi connectivity index (χ2n) is 4.81. The van der Waals surface area contributed by atoms with Gasteiger partial charge in [0.05, 0.1) is 21.7 Å². The summed E-state index contributed by atoms with van der Waals surface area (Å²) in [5.41, 5.74) is 1.97. The van der Waals surface area contributed by atoms with Crippen molar-refractivity contribution in [3.63, 3.8) is 0 Å². The molecule has 1 N–H and O–H groups in total. The number of hydrogen-bond donors (Lipinski definition) is 1. The molecule has 1 atom stereocenters. The molecule has 0 saturated carbocycles. The predicted molar refractivity (Wildman–Crippen MR) is 78.8 cm³/mol. The maximum Gasteiger partial charge on any atom is 0.285 e. The number of nitro benzene ring substituents is 1. The van der Waals surface area contributed by atoms with Gasteiger partial charge >= 0.3 is 0 Å². The zero-order valence-corrected chi connectivity index (χ0v) is 12.2. The highest BCUT2D eigenvalue weighted by molar-refractivity contribution is 9.10. The number of rotatable bonds is 3. The van der Waals surface area contributed by atoms with Crippen LogP contribution in [0.4, 0.5) is 11.4 Å². The summed E-state index contributed by atoms with van der Waals surface area (Å²) in [6.45, 7) is 0. The molecule has 0 fully saturated rings.